The van der Waals surface area contributed by atoms with Crippen molar-refractivity contribution in [2.75, 3.05) is 42.8 Å². The van der Waals surface area contributed by atoms with Crippen LogP contribution in [0.25, 0.3) is 11.0 Å². The largest absolute Gasteiger partial charge is 0.491 e. The van der Waals surface area contributed by atoms with Crippen molar-refractivity contribution >= 4 is 28.6 Å². The van der Waals surface area contributed by atoms with Crippen LogP contribution in [0.5, 0.6) is 5.75 Å². The van der Waals surface area contributed by atoms with Crippen molar-refractivity contribution in [3.8, 4) is 5.75 Å². The van der Waals surface area contributed by atoms with Crippen LogP contribution in [-0.2, 0) is 11.3 Å². The van der Waals surface area contributed by atoms with Crippen molar-refractivity contribution < 1.29 is 19.8 Å². The quantitative estimate of drug-likeness (QED) is 0.633. The van der Waals surface area contributed by atoms with Crippen molar-refractivity contribution in [1.82, 2.24) is 9.55 Å². The molecule has 1 fully saturated rings. The number of aliphatic hydroxyl groups is 1. The van der Waals surface area contributed by atoms with Crippen molar-refractivity contribution in [2.24, 2.45) is 11.7 Å². The van der Waals surface area contributed by atoms with Gasteiger partial charge < -0.3 is 25.0 Å². The summed E-state index contributed by atoms with van der Waals surface area (Å²) in [6.07, 6.45) is 2.98. The minimum Gasteiger partial charge on any atom is -0.491 e. The molecule has 1 aromatic carbocycles. The van der Waals surface area contributed by atoms with Crippen molar-refractivity contribution in [1.29, 1.82) is 0 Å². The molecule has 2 aromatic rings. The van der Waals surface area contributed by atoms with E-state index in [1.165, 1.54) is 0 Å². The molecule has 3 heterocycles. The van der Waals surface area contributed by atoms with E-state index in [0.29, 0.717) is 18.0 Å². The molecule has 0 radical (unpaired) electrons. The normalized spacial score (nSPS) is 19.4. The third-order valence-electron chi connectivity index (χ3n) is 5.48. The number of benzene rings is 1. The van der Waals surface area contributed by atoms with Crippen LogP contribution in [0.3, 0.4) is 0 Å². The molecule has 0 saturated carbocycles. The lowest BCUT2D eigenvalue weighted by molar-refractivity contribution is -0.118. The number of amides is 1. The lowest BCUT2D eigenvalue weighted by Crippen LogP contribution is -2.38. The first-order valence-electron chi connectivity index (χ1n) is 9.84. The van der Waals surface area contributed by atoms with Gasteiger partial charge in [0.2, 0.25) is 11.9 Å². The van der Waals surface area contributed by atoms with Gasteiger partial charge in [-0.25, -0.2) is 4.98 Å². The lowest BCUT2D eigenvalue weighted by atomic mass is 9.99. The third-order valence-corrected chi connectivity index (χ3v) is 5.48. The number of anilines is 2. The Morgan fingerprint density at radius 1 is 1.36 bits per heavy atom. The molecule has 0 spiro atoms. The predicted molar refractivity (Wildman–Crippen MR) is 105 cm³/mol. The summed E-state index contributed by atoms with van der Waals surface area (Å²) in [4.78, 5) is 18.1. The van der Waals surface area contributed by atoms with Gasteiger partial charge in [-0.05, 0) is 31.2 Å². The third kappa shape index (κ3) is 3.59. The molecule has 152 valence electrons. The molecule has 0 bridgehead atoms. The van der Waals surface area contributed by atoms with Crippen LogP contribution >= 0.6 is 0 Å². The van der Waals surface area contributed by atoms with E-state index in [0.717, 1.165) is 60.9 Å². The average molecular weight is 389 g/mol. The summed E-state index contributed by atoms with van der Waals surface area (Å²) in [5, 5.41) is 20.9. The van der Waals surface area contributed by atoms with Crippen LogP contribution in [0.15, 0.2) is 12.1 Å². The summed E-state index contributed by atoms with van der Waals surface area (Å²) >= 11 is 0. The van der Waals surface area contributed by atoms with Gasteiger partial charge in [-0.3, -0.25) is 15.1 Å². The van der Waals surface area contributed by atoms with Gasteiger partial charge in [0, 0.05) is 38.7 Å². The summed E-state index contributed by atoms with van der Waals surface area (Å²) in [7, 11) is 0. The molecule has 28 heavy (non-hydrogen) atoms. The van der Waals surface area contributed by atoms with E-state index in [1.807, 2.05) is 6.07 Å². The summed E-state index contributed by atoms with van der Waals surface area (Å²) < 4.78 is 8.12. The molecule has 0 unspecified atom stereocenters. The number of ether oxygens (including phenoxy) is 1. The van der Waals surface area contributed by atoms with Gasteiger partial charge in [0.05, 0.1) is 24.4 Å². The number of aromatic nitrogens is 2. The van der Waals surface area contributed by atoms with Gasteiger partial charge >= 0.3 is 0 Å². The van der Waals surface area contributed by atoms with Gasteiger partial charge in [0.1, 0.15) is 11.3 Å². The van der Waals surface area contributed by atoms with E-state index in [2.05, 4.69) is 9.47 Å². The van der Waals surface area contributed by atoms with Crippen molar-refractivity contribution in [2.45, 2.75) is 32.2 Å². The number of hydrogen-bond donors (Lipinski definition) is 3. The Labute approximate surface area is 163 Å². The van der Waals surface area contributed by atoms with Gasteiger partial charge in [-0.2, -0.15) is 0 Å². The second kappa shape index (κ2) is 7.84. The van der Waals surface area contributed by atoms with E-state index in [4.69, 9.17) is 15.5 Å². The first-order valence-corrected chi connectivity index (χ1v) is 9.84. The zero-order valence-electron chi connectivity index (χ0n) is 15.9. The number of carbonyl (C=O) groups is 1. The van der Waals surface area contributed by atoms with Gasteiger partial charge in [0.15, 0.2) is 0 Å². The number of carbonyl (C=O) groups excluding carboxylic acids is 1. The molecule has 1 saturated heterocycles. The Bertz CT molecular complexity index is 868. The Balaban J connectivity index is 1.72. The standard InChI is InChI=1S/C19H27N5O4/c20-17(26)4-7-24(27)14-9-15-18-16(10-14)28-8-2-6-23(18)19(21-15)22-5-1-3-13(11-22)12-25/h9-10,13,25,27H,1-8,11-12H2,(H2,20,26)/t13-/m1/s1. The topological polar surface area (TPSA) is 117 Å². The Hall–Kier alpha value is -2.52. The molecule has 9 heteroatoms. The molecule has 0 aliphatic carbocycles. The van der Waals surface area contributed by atoms with Gasteiger partial charge in [-0.15, -0.1) is 0 Å². The predicted octanol–water partition coefficient (Wildman–Crippen LogP) is 1.10. The van der Waals surface area contributed by atoms with Crippen LogP contribution in [0.4, 0.5) is 11.6 Å². The maximum Gasteiger partial charge on any atom is 0.219 e. The van der Waals surface area contributed by atoms with Crippen molar-refractivity contribution in [3.05, 3.63) is 12.1 Å². The van der Waals surface area contributed by atoms with Gasteiger partial charge in [0.25, 0.3) is 0 Å². The fourth-order valence-corrected chi connectivity index (χ4v) is 4.06. The SMILES string of the molecule is NC(=O)CCN(O)c1cc2c3c(c1)nc(N1CCC[C@@H](CO)C1)n3CCCO2. The van der Waals surface area contributed by atoms with E-state index in [1.54, 1.807) is 6.07 Å². The maximum atomic E-state index is 11.0. The molecule has 1 amide bonds. The number of piperidine rings is 1. The van der Waals surface area contributed by atoms with Crippen molar-refractivity contribution in [3.63, 3.8) is 0 Å². The monoisotopic (exact) mass is 389 g/mol. The molecule has 2 aliphatic rings. The number of nitrogens with zero attached hydrogens (tertiary/aromatic N) is 4. The summed E-state index contributed by atoms with van der Waals surface area (Å²) in [5.74, 6) is 1.36. The maximum absolute atomic E-state index is 11.0. The molecule has 1 aromatic heterocycles. The molecule has 2 aliphatic heterocycles. The molecular formula is C19H27N5O4. The van der Waals surface area contributed by atoms with E-state index >= 15 is 0 Å². The lowest BCUT2D eigenvalue weighted by Gasteiger charge is -2.32. The smallest absolute Gasteiger partial charge is 0.219 e. The fraction of sp³-hybridized carbons (Fsp3) is 0.579. The molecule has 9 nitrogen and oxygen atoms in total. The number of hydrogen-bond acceptors (Lipinski definition) is 7. The average Bonchev–Trinajstić information content (AvgIpc) is 2.93. The number of primary amides is 1. The first-order chi connectivity index (χ1) is 13.6. The molecule has 4 N–H and O–H groups in total. The number of aliphatic hydroxyl groups excluding tert-OH is 1. The zero-order chi connectivity index (χ0) is 19.7. The van der Waals surface area contributed by atoms with E-state index < -0.39 is 5.91 Å². The van der Waals surface area contributed by atoms with Crippen LogP contribution in [0.2, 0.25) is 0 Å². The molecule has 4 rings (SSSR count). The number of rotatable bonds is 6. The minimum atomic E-state index is -0.468. The highest BCUT2D eigenvalue weighted by atomic mass is 16.5. The highest BCUT2D eigenvalue weighted by Gasteiger charge is 2.27. The van der Waals surface area contributed by atoms with Crippen LogP contribution in [-0.4, -0.2) is 58.6 Å². The minimum absolute atomic E-state index is 0.0563. The number of imidazole rings is 1. The highest BCUT2D eigenvalue weighted by Crippen LogP contribution is 2.37. The molecule has 1 atom stereocenters. The summed E-state index contributed by atoms with van der Waals surface area (Å²) in [5.41, 5.74) is 7.37. The zero-order valence-corrected chi connectivity index (χ0v) is 15.9. The highest BCUT2D eigenvalue weighted by molar-refractivity contribution is 5.89. The first kappa shape index (κ1) is 18.8. The number of aryl methyl sites for hydroxylation is 1. The summed E-state index contributed by atoms with van der Waals surface area (Å²) in [6.45, 7) is 3.39. The van der Waals surface area contributed by atoms with E-state index in [9.17, 15) is 15.1 Å². The summed E-state index contributed by atoms with van der Waals surface area (Å²) in [6, 6.07) is 3.59. The van der Waals surface area contributed by atoms with Crippen LogP contribution < -0.4 is 20.4 Å². The second-order valence-corrected chi connectivity index (χ2v) is 7.55. The Kier molecular flexibility index (Phi) is 5.27. The van der Waals surface area contributed by atoms with Crippen LogP contribution in [0, 0.1) is 5.92 Å². The van der Waals surface area contributed by atoms with Crippen LogP contribution in [0.1, 0.15) is 25.7 Å². The number of nitrogens with two attached hydrogens (primary N) is 1. The second-order valence-electron chi connectivity index (χ2n) is 7.55. The van der Waals surface area contributed by atoms with E-state index in [-0.39, 0.29) is 25.5 Å². The fourth-order valence-electron chi connectivity index (χ4n) is 4.06. The van der Waals surface area contributed by atoms with Gasteiger partial charge in [-0.1, -0.05) is 0 Å². The Morgan fingerprint density at radius 3 is 3.00 bits per heavy atom. The molecular weight excluding hydrogens is 362 g/mol. The Morgan fingerprint density at radius 2 is 2.21 bits per heavy atom. The number of hydroxylamine groups is 1.